The van der Waals surface area contributed by atoms with Gasteiger partial charge in [-0.15, -0.1) is 0 Å². The van der Waals surface area contributed by atoms with Gasteiger partial charge >= 0.3 is 6.03 Å². The number of urea groups is 1. The summed E-state index contributed by atoms with van der Waals surface area (Å²) >= 11 is 1.09. The third kappa shape index (κ3) is 3.24. The fourth-order valence-corrected chi connectivity index (χ4v) is 2.79. The summed E-state index contributed by atoms with van der Waals surface area (Å²) in [6.07, 6.45) is 0. The molecule has 23 heavy (non-hydrogen) atoms. The summed E-state index contributed by atoms with van der Waals surface area (Å²) in [5.41, 5.74) is 0.520. The molecule has 3 aromatic rings. The van der Waals surface area contributed by atoms with E-state index in [9.17, 15) is 19.3 Å². The molecule has 2 N–H and O–H groups in total. The average molecular weight is 332 g/mol. The molecule has 0 saturated carbocycles. The summed E-state index contributed by atoms with van der Waals surface area (Å²) < 4.78 is 14.0. The van der Waals surface area contributed by atoms with E-state index >= 15 is 0 Å². The Hall–Kier alpha value is -3.07. The highest BCUT2D eigenvalue weighted by Crippen LogP contribution is 2.29. The number of thiazole rings is 1. The van der Waals surface area contributed by atoms with Crippen molar-refractivity contribution >= 4 is 44.1 Å². The molecule has 0 aliphatic carbocycles. The highest BCUT2D eigenvalue weighted by atomic mass is 32.1. The van der Waals surface area contributed by atoms with Crippen molar-refractivity contribution in [3.63, 3.8) is 0 Å². The normalized spacial score (nSPS) is 10.5. The van der Waals surface area contributed by atoms with Gasteiger partial charge in [0.2, 0.25) is 0 Å². The Morgan fingerprint density at radius 2 is 2.00 bits per heavy atom. The number of benzene rings is 2. The van der Waals surface area contributed by atoms with E-state index in [1.54, 1.807) is 6.07 Å². The van der Waals surface area contributed by atoms with Crippen LogP contribution in [0.5, 0.6) is 0 Å². The van der Waals surface area contributed by atoms with Crippen LogP contribution in [0.15, 0.2) is 42.5 Å². The van der Waals surface area contributed by atoms with Crippen molar-refractivity contribution in [1.29, 1.82) is 0 Å². The number of nitro benzene ring substituents is 1. The van der Waals surface area contributed by atoms with Crippen LogP contribution in [0.1, 0.15) is 0 Å². The maximum atomic E-state index is 13.5. The van der Waals surface area contributed by atoms with Crippen molar-refractivity contribution in [3.8, 4) is 0 Å². The Morgan fingerprint density at radius 1 is 1.22 bits per heavy atom. The molecular weight excluding hydrogens is 323 g/mol. The second kappa shape index (κ2) is 5.97. The fourth-order valence-electron chi connectivity index (χ4n) is 1.89. The number of carbonyl (C=O) groups is 1. The molecule has 3 rings (SSSR count). The van der Waals surface area contributed by atoms with Crippen molar-refractivity contribution < 1.29 is 14.1 Å². The number of nitro groups is 1. The number of nitrogens with one attached hydrogen (secondary N) is 2. The number of non-ortho nitro benzene ring substituents is 1. The van der Waals surface area contributed by atoms with Crippen molar-refractivity contribution in [2.24, 2.45) is 0 Å². The number of rotatable bonds is 3. The largest absolute Gasteiger partial charge is 0.325 e. The van der Waals surface area contributed by atoms with Gasteiger partial charge in [0.05, 0.1) is 20.8 Å². The molecule has 0 aliphatic heterocycles. The van der Waals surface area contributed by atoms with Gasteiger partial charge in [0.1, 0.15) is 5.82 Å². The molecule has 0 unspecified atom stereocenters. The fraction of sp³-hybridized carbons (Fsp3) is 0. The van der Waals surface area contributed by atoms with Gasteiger partial charge in [0, 0.05) is 12.1 Å². The van der Waals surface area contributed by atoms with Crippen LogP contribution in [0.3, 0.4) is 0 Å². The van der Waals surface area contributed by atoms with E-state index in [2.05, 4.69) is 15.6 Å². The Morgan fingerprint density at radius 3 is 2.74 bits per heavy atom. The predicted octanol–water partition coefficient (Wildman–Crippen LogP) is 3.99. The summed E-state index contributed by atoms with van der Waals surface area (Å²) in [6, 6.07) is 9.34. The molecule has 1 heterocycles. The van der Waals surface area contributed by atoms with E-state index in [4.69, 9.17) is 0 Å². The average Bonchev–Trinajstić information content (AvgIpc) is 2.90. The van der Waals surface area contributed by atoms with Gasteiger partial charge in [0.15, 0.2) is 5.13 Å². The summed E-state index contributed by atoms with van der Waals surface area (Å²) in [7, 11) is 0. The van der Waals surface area contributed by atoms with Crippen LogP contribution in [0.2, 0.25) is 0 Å². The molecule has 9 heteroatoms. The standard InChI is InChI=1S/C14H9FN4O3S/c15-9-3-1-2-4-10(9)16-13(20)18-14-17-11-6-5-8(19(21)22)7-12(11)23-14/h1-7H,(H2,16,17,18,20). The number of hydrogen-bond donors (Lipinski definition) is 2. The van der Waals surface area contributed by atoms with Crippen LogP contribution in [0.4, 0.5) is 25.7 Å². The van der Waals surface area contributed by atoms with E-state index < -0.39 is 16.8 Å². The Balaban J connectivity index is 1.77. The van der Waals surface area contributed by atoms with Crippen LogP contribution in [0, 0.1) is 15.9 Å². The predicted molar refractivity (Wildman–Crippen MR) is 85.3 cm³/mol. The lowest BCUT2D eigenvalue weighted by molar-refractivity contribution is -0.384. The Labute approximate surface area is 132 Å². The first-order chi connectivity index (χ1) is 11.0. The van der Waals surface area contributed by atoms with Gasteiger partial charge in [-0.1, -0.05) is 23.5 Å². The van der Waals surface area contributed by atoms with E-state index in [-0.39, 0.29) is 16.5 Å². The number of hydrogen-bond acceptors (Lipinski definition) is 5. The summed E-state index contributed by atoms with van der Waals surface area (Å²) in [4.78, 5) is 26.2. The zero-order valence-corrected chi connectivity index (χ0v) is 12.3. The van der Waals surface area contributed by atoms with Crippen LogP contribution in [-0.4, -0.2) is 15.9 Å². The Kier molecular flexibility index (Phi) is 3.85. The van der Waals surface area contributed by atoms with E-state index in [1.807, 2.05) is 0 Å². The van der Waals surface area contributed by atoms with Crippen molar-refractivity contribution in [3.05, 3.63) is 58.4 Å². The van der Waals surface area contributed by atoms with E-state index in [0.29, 0.717) is 10.2 Å². The molecule has 116 valence electrons. The molecule has 0 saturated heterocycles. The van der Waals surface area contributed by atoms with Gasteiger partial charge in [-0.25, -0.2) is 14.2 Å². The van der Waals surface area contributed by atoms with Gasteiger partial charge in [-0.2, -0.15) is 0 Å². The lowest BCUT2D eigenvalue weighted by Crippen LogP contribution is -2.19. The number of amides is 2. The number of carbonyl (C=O) groups excluding carboxylic acids is 1. The van der Waals surface area contributed by atoms with Gasteiger partial charge in [0.25, 0.3) is 5.69 Å². The first kappa shape index (κ1) is 14.9. The van der Waals surface area contributed by atoms with E-state index in [0.717, 1.165) is 11.3 Å². The minimum absolute atomic E-state index is 0.0433. The first-order valence-electron chi connectivity index (χ1n) is 6.40. The maximum absolute atomic E-state index is 13.5. The highest BCUT2D eigenvalue weighted by molar-refractivity contribution is 7.22. The molecule has 0 aliphatic rings. The van der Waals surface area contributed by atoms with Crippen LogP contribution in [-0.2, 0) is 0 Å². The SMILES string of the molecule is O=C(Nc1nc2ccc([N+](=O)[O-])cc2s1)Nc1ccccc1F. The lowest BCUT2D eigenvalue weighted by atomic mass is 10.3. The number of fused-ring (bicyclic) bond motifs is 1. The number of halogens is 1. The molecule has 2 aromatic carbocycles. The smallest absolute Gasteiger partial charge is 0.305 e. The number of aromatic nitrogens is 1. The number of anilines is 2. The van der Waals surface area contributed by atoms with Crippen molar-refractivity contribution in [2.75, 3.05) is 10.6 Å². The summed E-state index contributed by atoms with van der Waals surface area (Å²) in [5.74, 6) is -0.553. The molecule has 2 amide bonds. The highest BCUT2D eigenvalue weighted by Gasteiger charge is 2.12. The third-order valence-electron chi connectivity index (χ3n) is 2.93. The molecule has 1 aromatic heterocycles. The number of nitrogens with zero attached hydrogens (tertiary/aromatic N) is 2. The summed E-state index contributed by atoms with van der Waals surface area (Å²) in [6.45, 7) is 0. The minimum atomic E-state index is -0.649. The van der Waals surface area contributed by atoms with Crippen molar-refractivity contribution in [2.45, 2.75) is 0 Å². The summed E-state index contributed by atoms with van der Waals surface area (Å²) in [5, 5.41) is 15.8. The topological polar surface area (TPSA) is 97.2 Å². The second-order valence-electron chi connectivity index (χ2n) is 4.49. The molecular formula is C14H9FN4O3S. The Bertz CT molecular complexity index is 912. The van der Waals surface area contributed by atoms with Gasteiger partial charge in [-0.3, -0.25) is 15.4 Å². The second-order valence-corrected chi connectivity index (χ2v) is 5.52. The zero-order chi connectivity index (χ0) is 16.4. The van der Waals surface area contributed by atoms with Gasteiger partial charge in [-0.05, 0) is 18.2 Å². The van der Waals surface area contributed by atoms with Crippen LogP contribution >= 0.6 is 11.3 Å². The molecule has 0 spiro atoms. The third-order valence-corrected chi connectivity index (χ3v) is 3.86. The van der Waals surface area contributed by atoms with Crippen molar-refractivity contribution in [1.82, 2.24) is 4.98 Å². The van der Waals surface area contributed by atoms with E-state index in [1.165, 1.54) is 36.4 Å². The minimum Gasteiger partial charge on any atom is -0.305 e. The monoisotopic (exact) mass is 332 g/mol. The quantitative estimate of drug-likeness (QED) is 0.560. The maximum Gasteiger partial charge on any atom is 0.325 e. The lowest BCUT2D eigenvalue weighted by Gasteiger charge is -2.05. The van der Waals surface area contributed by atoms with Crippen LogP contribution < -0.4 is 10.6 Å². The number of para-hydroxylation sites is 1. The van der Waals surface area contributed by atoms with Crippen LogP contribution in [0.25, 0.3) is 10.2 Å². The molecule has 7 nitrogen and oxygen atoms in total. The molecule has 0 atom stereocenters. The molecule has 0 fully saturated rings. The first-order valence-corrected chi connectivity index (χ1v) is 7.22. The van der Waals surface area contributed by atoms with Gasteiger partial charge < -0.3 is 5.32 Å². The molecule has 0 radical (unpaired) electrons. The molecule has 0 bridgehead atoms. The zero-order valence-electron chi connectivity index (χ0n) is 11.4.